The highest BCUT2D eigenvalue weighted by molar-refractivity contribution is 5.99. The number of carbonyl (C=O) groups is 1. The standard InChI is InChI=1S/C16H20N2O2/c1-10-5-4-6-13-12(3)15(20-14(10)13)16(19)18-8-7-17-9-11(18)2/h4-6,11,17H,7-9H2,1-3H3. The third kappa shape index (κ3) is 2.00. The molecule has 1 N–H and O–H groups in total. The van der Waals surface area contributed by atoms with Crippen LogP contribution in [0.5, 0.6) is 0 Å². The van der Waals surface area contributed by atoms with Crippen molar-refractivity contribution in [3.8, 4) is 0 Å². The monoisotopic (exact) mass is 272 g/mol. The van der Waals surface area contributed by atoms with E-state index in [1.165, 1.54) is 0 Å². The average Bonchev–Trinajstić information content (AvgIpc) is 2.78. The van der Waals surface area contributed by atoms with Crippen LogP contribution in [0.25, 0.3) is 11.0 Å². The molecule has 0 radical (unpaired) electrons. The van der Waals surface area contributed by atoms with E-state index in [-0.39, 0.29) is 11.9 Å². The van der Waals surface area contributed by atoms with Gasteiger partial charge in [-0.2, -0.15) is 0 Å². The van der Waals surface area contributed by atoms with Gasteiger partial charge in [-0.05, 0) is 26.3 Å². The number of amides is 1. The largest absolute Gasteiger partial charge is 0.450 e. The summed E-state index contributed by atoms with van der Waals surface area (Å²) in [7, 11) is 0. The quantitative estimate of drug-likeness (QED) is 0.867. The summed E-state index contributed by atoms with van der Waals surface area (Å²) >= 11 is 0. The van der Waals surface area contributed by atoms with Crippen molar-refractivity contribution in [3.63, 3.8) is 0 Å². The Morgan fingerprint density at radius 1 is 1.40 bits per heavy atom. The lowest BCUT2D eigenvalue weighted by Crippen LogP contribution is -2.52. The molecule has 20 heavy (non-hydrogen) atoms. The maximum absolute atomic E-state index is 12.7. The molecule has 1 unspecified atom stereocenters. The van der Waals surface area contributed by atoms with Crippen LogP contribution >= 0.6 is 0 Å². The Kier molecular flexibility index (Phi) is 3.26. The minimum atomic E-state index is 0.00657. The fourth-order valence-corrected chi connectivity index (χ4v) is 2.86. The summed E-state index contributed by atoms with van der Waals surface area (Å²) in [5.41, 5.74) is 2.84. The molecule has 0 bridgehead atoms. The first-order valence-electron chi connectivity index (χ1n) is 7.10. The van der Waals surface area contributed by atoms with Gasteiger partial charge in [-0.1, -0.05) is 18.2 Å². The van der Waals surface area contributed by atoms with E-state index in [0.29, 0.717) is 5.76 Å². The van der Waals surface area contributed by atoms with Crippen LogP contribution in [0.15, 0.2) is 22.6 Å². The van der Waals surface area contributed by atoms with Gasteiger partial charge in [0.2, 0.25) is 0 Å². The predicted molar refractivity (Wildman–Crippen MR) is 79.1 cm³/mol. The Bertz CT molecular complexity index is 660. The lowest BCUT2D eigenvalue weighted by molar-refractivity contribution is 0.0624. The summed E-state index contributed by atoms with van der Waals surface area (Å²) in [6.07, 6.45) is 0. The van der Waals surface area contributed by atoms with Gasteiger partial charge in [0, 0.05) is 36.6 Å². The molecular weight excluding hydrogens is 252 g/mol. The molecule has 4 heteroatoms. The van der Waals surface area contributed by atoms with Gasteiger partial charge in [0.05, 0.1) is 0 Å². The van der Waals surface area contributed by atoms with Gasteiger partial charge in [0.1, 0.15) is 5.58 Å². The third-order valence-electron chi connectivity index (χ3n) is 4.12. The Morgan fingerprint density at radius 3 is 2.90 bits per heavy atom. The van der Waals surface area contributed by atoms with Gasteiger partial charge < -0.3 is 14.6 Å². The van der Waals surface area contributed by atoms with Crippen molar-refractivity contribution in [2.24, 2.45) is 0 Å². The third-order valence-corrected chi connectivity index (χ3v) is 4.12. The average molecular weight is 272 g/mol. The topological polar surface area (TPSA) is 45.5 Å². The predicted octanol–water partition coefficient (Wildman–Crippen LogP) is 2.48. The van der Waals surface area contributed by atoms with Crippen molar-refractivity contribution < 1.29 is 9.21 Å². The molecule has 1 aliphatic rings. The SMILES string of the molecule is Cc1c(C(=O)N2CCNCC2C)oc2c(C)cccc12. The second-order valence-electron chi connectivity index (χ2n) is 5.56. The van der Waals surface area contributed by atoms with Crippen molar-refractivity contribution in [2.45, 2.75) is 26.8 Å². The zero-order chi connectivity index (χ0) is 14.3. The number of rotatable bonds is 1. The number of benzene rings is 1. The summed E-state index contributed by atoms with van der Waals surface area (Å²) < 4.78 is 5.88. The molecule has 1 aromatic carbocycles. The smallest absolute Gasteiger partial charge is 0.290 e. The molecule has 1 atom stereocenters. The Balaban J connectivity index is 2.03. The summed E-state index contributed by atoms with van der Waals surface area (Å²) in [5.74, 6) is 0.496. The van der Waals surface area contributed by atoms with Crippen LogP contribution in [0.2, 0.25) is 0 Å². The second-order valence-corrected chi connectivity index (χ2v) is 5.56. The minimum Gasteiger partial charge on any atom is -0.450 e. The fraction of sp³-hybridized carbons (Fsp3) is 0.438. The van der Waals surface area contributed by atoms with Gasteiger partial charge in [-0.25, -0.2) is 0 Å². The fourth-order valence-electron chi connectivity index (χ4n) is 2.86. The Morgan fingerprint density at radius 2 is 2.20 bits per heavy atom. The normalized spacial score (nSPS) is 19.6. The molecule has 1 aromatic heterocycles. The van der Waals surface area contributed by atoms with Crippen molar-refractivity contribution in [2.75, 3.05) is 19.6 Å². The number of hydrogen-bond donors (Lipinski definition) is 1. The van der Waals surface area contributed by atoms with Crippen LogP contribution in [0.3, 0.4) is 0 Å². The van der Waals surface area contributed by atoms with E-state index < -0.39 is 0 Å². The number of nitrogens with one attached hydrogen (secondary N) is 1. The number of furan rings is 1. The van der Waals surface area contributed by atoms with E-state index in [0.717, 1.165) is 41.7 Å². The number of fused-ring (bicyclic) bond motifs is 1. The van der Waals surface area contributed by atoms with Crippen molar-refractivity contribution in [1.29, 1.82) is 0 Å². The highest BCUT2D eigenvalue weighted by Crippen LogP contribution is 2.28. The maximum Gasteiger partial charge on any atom is 0.290 e. The summed E-state index contributed by atoms with van der Waals surface area (Å²) in [4.78, 5) is 14.6. The Hall–Kier alpha value is -1.81. The lowest BCUT2D eigenvalue weighted by Gasteiger charge is -2.33. The molecule has 1 fully saturated rings. The van der Waals surface area contributed by atoms with E-state index in [4.69, 9.17) is 4.42 Å². The molecule has 1 amide bonds. The number of piperazine rings is 1. The molecule has 4 nitrogen and oxygen atoms in total. The van der Waals surface area contributed by atoms with Crippen LogP contribution in [0.4, 0.5) is 0 Å². The van der Waals surface area contributed by atoms with Gasteiger partial charge in [-0.3, -0.25) is 4.79 Å². The van der Waals surface area contributed by atoms with Crippen LogP contribution in [-0.4, -0.2) is 36.5 Å². The molecule has 0 aliphatic carbocycles. The summed E-state index contributed by atoms with van der Waals surface area (Å²) in [5, 5.41) is 4.33. The van der Waals surface area contributed by atoms with Crippen LogP contribution in [-0.2, 0) is 0 Å². The molecular formula is C16H20N2O2. The first kappa shape index (κ1) is 13.2. The number of para-hydroxylation sites is 1. The van der Waals surface area contributed by atoms with Crippen LogP contribution in [0.1, 0.15) is 28.6 Å². The molecule has 1 aliphatic heterocycles. The second kappa shape index (κ2) is 4.94. The molecule has 2 heterocycles. The van der Waals surface area contributed by atoms with Gasteiger partial charge in [-0.15, -0.1) is 0 Å². The first-order chi connectivity index (χ1) is 9.59. The number of hydrogen-bond acceptors (Lipinski definition) is 3. The van der Waals surface area contributed by atoms with Gasteiger partial charge >= 0.3 is 0 Å². The maximum atomic E-state index is 12.7. The Labute approximate surface area is 118 Å². The van der Waals surface area contributed by atoms with E-state index in [1.807, 2.05) is 36.9 Å². The number of nitrogens with zero attached hydrogens (tertiary/aromatic N) is 1. The molecule has 3 rings (SSSR count). The van der Waals surface area contributed by atoms with Crippen LogP contribution in [0, 0.1) is 13.8 Å². The van der Waals surface area contributed by atoms with E-state index in [1.54, 1.807) is 0 Å². The number of aryl methyl sites for hydroxylation is 2. The van der Waals surface area contributed by atoms with Crippen molar-refractivity contribution in [3.05, 3.63) is 35.1 Å². The van der Waals surface area contributed by atoms with E-state index in [9.17, 15) is 4.79 Å². The molecule has 106 valence electrons. The highest BCUT2D eigenvalue weighted by Gasteiger charge is 2.28. The van der Waals surface area contributed by atoms with E-state index >= 15 is 0 Å². The number of carbonyl (C=O) groups excluding carboxylic acids is 1. The van der Waals surface area contributed by atoms with Gasteiger partial charge in [0.15, 0.2) is 5.76 Å². The highest BCUT2D eigenvalue weighted by atomic mass is 16.3. The van der Waals surface area contributed by atoms with Gasteiger partial charge in [0.25, 0.3) is 5.91 Å². The molecule has 1 saturated heterocycles. The molecule has 0 saturated carbocycles. The lowest BCUT2D eigenvalue weighted by atomic mass is 10.1. The van der Waals surface area contributed by atoms with Crippen molar-refractivity contribution >= 4 is 16.9 Å². The molecule has 0 spiro atoms. The summed E-state index contributed by atoms with van der Waals surface area (Å²) in [6, 6.07) is 6.22. The minimum absolute atomic E-state index is 0.00657. The first-order valence-corrected chi connectivity index (χ1v) is 7.10. The van der Waals surface area contributed by atoms with Crippen molar-refractivity contribution in [1.82, 2.24) is 10.2 Å². The molecule has 2 aromatic rings. The summed E-state index contributed by atoms with van der Waals surface area (Å²) in [6.45, 7) is 8.44. The zero-order valence-corrected chi connectivity index (χ0v) is 12.2. The van der Waals surface area contributed by atoms with E-state index in [2.05, 4.69) is 12.2 Å². The zero-order valence-electron chi connectivity index (χ0n) is 12.2. The van der Waals surface area contributed by atoms with Crippen LogP contribution < -0.4 is 5.32 Å².